The van der Waals surface area contributed by atoms with Crippen LogP contribution in [0, 0.1) is 4.77 Å². The van der Waals surface area contributed by atoms with Gasteiger partial charge in [-0.25, -0.2) is 9.55 Å². The third-order valence-corrected chi connectivity index (χ3v) is 6.94. The summed E-state index contributed by atoms with van der Waals surface area (Å²) in [5.41, 5.74) is -1.47. The molecule has 1 saturated heterocycles. The molecule has 0 aliphatic carbocycles. The van der Waals surface area contributed by atoms with E-state index in [1.54, 1.807) is 6.07 Å². The van der Waals surface area contributed by atoms with Gasteiger partial charge in [-0.15, -0.1) is 0 Å². The molecule has 35 heavy (non-hydrogen) atoms. The van der Waals surface area contributed by atoms with E-state index in [2.05, 4.69) is 10.3 Å². The van der Waals surface area contributed by atoms with Crippen LogP contribution in [0.4, 0.5) is 19.0 Å². The van der Waals surface area contributed by atoms with Gasteiger partial charge in [0, 0.05) is 18.5 Å². The SMILES string of the molecule is O=C(CC1Nc2c3ccccc3nc(=S)n2C1=O)N1CCC(O)(c2cccc(C(F)(F)F)c2)CC1. The van der Waals surface area contributed by atoms with Gasteiger partial charge in [0.15, 0.2) is 0 Å². The number of amides is 1. The van der Waals surface area contributed by atoms with Gasteiger partial charge in [-0.2, -0.15) is 13.2 Å². The normalized spacial score (nSPS) is 19.5. The maximum atomic E-state index is 13.1. The second-order valence-electron chi connectivity index (χ2n) is 8.83. The summed E-state index contributed by atoms with van der Waals surface area (Å²) in [6.45, 7) is 0.312. The number of piperidine rings is 1. The molecule has 0 spiro atoms. The van der Waals surface area contributed by atoms with E-state index in [-0.39, 0.29) is 54.5 Å². The Kier molecular flexibility index (Phi) is 5.64. The molecule has 2 aliphatic rings. The highest BCUT2D eigenvalue weighted by atomic mass is 32.1. The van der Waals surface area contributed by atoms with Crippen molar-refractivity contribution in [3.63, 3.8) is 0 Å². The number of aliphatic hydroxyl groups is 1. The molecule has 2 N–H and O–H groups in total. The van der Waals surface area contributed by atoms with E-state index in [0.717, 1.165) is 12.1 Å². The van der Waals surface area contributed by atoms with Crippen LogP contribution in [-0.2, 0) is 16.6 Å². The average molecular weight is 503 g/mol. The molecule has 182 valence electrons. The zero-order valence-electron chi connectivity index (χ0n) is 18.4. The largest absolute Gasteiger partial charge is 0.416 e. The lowest BCUT2D eigenvalue weighted by Crippen LogP contribution is -2.46. The molecule has 11 heteroatoms. The van der Waals surface area contributed by atoms with Crippen LogP contribution in [0.2, 0.25) is 0 Å². The second kappa shape index (κ2) is 8.42. The number of anilines is 1. The number of benzene rings is 2. The number of nitrogens with zero attached hydrogens (tertiary/aromatic N) is 3. The lowest BCUT2D eigenvalue weighted by molar-refractivity contribution is -0.137. The Hall–Kier alpha value is -3.31. The highest BCUT2D eigenvalue weighted by Gasteiger charge is 2.39. The first-order valence-corrected chi connectivity index (χ1v) is 11.5. The van der Waals surface area contributed by atoms with Crippen LogP contribution < -0.4 is 5.32 Å². The summed E-state index contributed by atoms with van der Waals surface area (Å²) in [6, 6.07) is 11.1. The van der Waals surface area contributed by atoms with Crippen LogP contribution in [0.5, 0.6) is 0 Å². The van der Waals surface area contributed by atoms with Gasteiger partial charge >= 0.3 is 6.18 Å². The maximum absolute atomic E-state index is 13.1. The van der Waals surface area contributed by atoms with Crippen molar-refractivity contribution in [2.24, 2.45) is 0 Å². The number of carbonyl (C=O) groups is 2. The van der Waals surface area contributed by atoms with Crippen LogP contribution >= 0.6 is 12.2 Å². The standard InChI is InChI=1S/C24H21F3N4O3S/c25-24(26,27)15-5-3-4-14(12-15)23(34)8-10-30(11-9-23)19(32)13-18-21(33)31-20(28-18)16-6-1-2-7-17(16)29-22(31)35/h1-7,12,18,28,34H,8-11,13H2. The molecule has 0 saturated carbocycles. The van der Waals surface area contributed by atoms with Crippen LogP contribution in [-0.4, -0.2) is 50.5 Å². The zero-order valence-corrected chi connectivity index (χ0v) is 19.2. The number of aromatic nitrogens is 2. The molecule has 3 heterocycles. The summed E-state index contributed by atoms with van der Waals surface area (Å²) in [5, 5.41) is 14.8. The number of halogens is 3. The Morgan fingerprint density at radius 2 is 1.89 bits per heavy atom. The van der Waals surface area contributed by atoms with Gasteiger partial charge < -0.3 is 15.3 Å². The topological polar surface area (TPSA) is 87.5 Å². The van der Waals surface area contributed by atoms with E-state index in [0.29, 0.717) is 16.7 Å². The maximum Gasteiger partial charge on any atom is 0.416 e. The number of likely N-dealkylation sites (tertiary alicyclic amines) is 1. The Bertz CT molecular complexity index is 1400. The fourth-order valence-corrected chi connectivity index (χ4v) is 4.99. The van der Waals surface area contributed by atoms with Gasteiger partial charge in [0.2, 0.25) is 10.7 Å². The number of alkyl halides is 3. The third-order valence-electron chi connectivity index (χ3n) is 6.67. The number of para-hydroxylation sites is 1. The van der Waals surface area contributed by atoms with E-state index in [9.17, 15) is 27.9 Å². The number of rotatable bonds is 3. The number of carbonyl (C=O) groups excluding carboxylic acids is 2. The lowest BCUT2D eigenvalue weighted by atomic mass is 9.83. The highest BCUT2D eigenvalue weighted by molar-refractivity contribution is 7.71. The molecule has 1 aromatic heterocycles. The summed E-state index contributed by atoms with van der Waals surface area (Å²) in [6.07, 6.45) is -4.45. The Balaban J connectivity index is 1.28. The molecule has 5 rings (SSSR count). The molecule has 3 aromatic rings. The van der Waals surface area contributed by atoms with Gasteiger partial charge in [-0.3, -0.25) is 9.59 Å². The van der Waals surface area contributed by atoms with Crippen molar-refractivity contribution in [3.05, 3.63) is 64.4 Å². The minimum absolute atomic E-state index is 0.0892. The van der Waals surface area contributed by atoms with E-state index >= 15 is 0 Å². The van der Waals surface area contributed by atoms with Gasteiger partial charge in [-0.1, -0.05) is 24.3 Å². The summed E-state index contributed by atoms with van der Waals surface area (Å²) in [7, 11) is 0. The molecule has 2 aliphatic heterocycles. The first-order valence-electron chi connectivity index (χ1n) is 11.1. The van der Waals surface area contributed by atoms with E-state index < -0.39 is 23.4 Å². The van der Waals surface area contributed by atoms with Crippen molar-refractivity contribution in [1.29, 1.82) is 0 Å². The first kappa shape index (κ1) is 23.4. The fraction of sp³-hybridized carbons (Fsp3) is 0.333. The Morgan fingerprint density at radius 1 is 1.17 bits per heavy atom. The minimum atomic E-state index is -4.51. The van der Waals surface area contributed by atoms with Crippen LogP contribution in [0.1, 0.15) is 35.2 Å². The molecule has 1 atom stereocenters. The van der Waals surface area contributed by atoms with Gasteiger partial charge in [0.1, 0.15) is 11.9 Å². The molecule has 1 fully saturated rings. The second-order valence-corrected chi connectivity index (χ2v) is 9.19. The van der Waals surface area contributed by atoms with Crippen LogP contribution in [0.15, 0.2) is 48.5 Å². The predicted molar refractivity (Wildman–Crippen MR) is 124 cm³/mol. The van der Waals surface area contributed by atoms with Crippen molar-refractivity contribution in [1.82, 2.24) is 14.5 Å². The van der Waals surface area contributed by atoms with Gasteiger partial charge in [0.25, 0.3) is 5.91 Å². The fourth-order valence-electron chi connectivity index (χ4n) is 4.71. The highest BCUT2D eigenvalue weighted by Crippen LogP contribution is 2.37. The van der Waals surface area contributed by atoms with E-state index in [4.69, 9.17) is 12.2 Å². The molecule has 1 amide bonds. The summed E-state index contributed by atoms with van der Waals surface area (Å²) < 4.78 is 40.7. The Morgan fingerprint density at radius 3 is 2.60 bits per heavy atom. The van der Waals surface area contributed by atoms with Crippen molar-refractivity contribution >= 4 is 40.8 Å². The molecular formula is C24H21F3N4O3S. The summed E-state index contributed by atoms with van der Waals surface area (Å²) in [4.78, 5) is 31.8. The minimum Gasteiger partial charge on any atom is -0.385 e. The van der Waals surface area contributed by atoms with Crippen molar-refractivity contribution < 1.29 is 27.9 Å². The third kappa shape index (κ3) is 4.19. The number of nitrogens with one attached hydrogen (secondary N) is 1. The molecule has 7 nitrogen and oxygen atoms in total. The average Bonchev–Trinajstić information content (AvgIpc) is 3.16. The molecule has 2 aromatic carbocycles. The monoisotopic (exact) mass is 502 g/mol. The van der Waals surface area contributed by atoms with Crippen molar-refractivity contribution in [3.8, 4) is 0 Å². The summed E-state index contributed by atoms with van der Waals surface area (Å²) >= 11 is 5.28. The first-order chi connectivity index (χ1) is 16.6. The van der Waals surface area contributed by atoms with Crippen LogP contribution in [0.25, 0.3) is 10.9 Å². The van der Waals surface area contributed by atoms with Gasteiger partial charge in [-0.05, 0) is 54.9 Å². The zero-order chi connectivity index (χ0) is 25.0. The molecule has 0 bridgehead atoms. The smallest absolute Gasteiger partial charge is 0.385 e. The summed E-state index contributed by atoms with van der Waals surface area (Å²) in [5.74, 6) is -0.159. The molecule has 0 radical (unpaired) electrons. The van der Waals surface area contributed by atoms with E-state index in [1.807, 2.05) is 18.2 Å². The lowest BCUT2D eigenvalue weighted by Gasteiger charge is -2.39. The quantitative estimate of drug-likeness (QED) is 0.524. The predicted octanol–water partition coefficient (Wildman–Crippen LogP) is 4.12. The van der Waals surface area contributed by atoms with Gasteiger partial charge in [0.05, 0.1) is 23.1 Å². The number of hydrogen-bond acceptors (Lipinski definition) is 6. The molecule has 1 unspecified atom stereocenters. The van der Waals surface area contributed by atoms with Crippen LogP contribution in [0.3, 0.4) is 0 Å². The number of hydrogen-bond donors (Lipinski definition) is 2. The van der Waals surface area contributed by atoms with Crippen molar-refractivity contribution in [2.45, 2.75) is 37.1 Å². The Labute approximate surface area is 203 Å². The number of fused-ring (bicyclic) bond motifs is 3. The molecular weight excluding hydrogens is 481 g/mol. The van der Waals surface area contributed by atoms with E-state index in [1.165, 1.54) is 21.6 Å². The van der Waals surface area contributed by atoms with Crippen molar-refractivity contribution in [2.75, 3.05) is 18.4 Å².